The monoisotopic (exact) mass is 783 g/mol. The molecule has 0 fully saturated rings. The van der Waals surface area contributed by atoms with Gasteiger partial charge in [0, 0.05) is 55.5 Å². The van der Waals surface area contributed by atoms with Crippen LogP contribution >= 0.6 is 0 Å². The van der Waals surface area contributed by atoms with Crippen molar-refractivity contribution in [3.8, 4) is 33.4 Å². The smallest absolute Gasteiger partial charge is 0.137 e. The van der Waals surface area contributed by atoms with Crippen LogP contribution in [0.1, 0.15) is 49.9 Å². The Bertz CT molecular complexity index is 3560. The lowest BCUT2D eigenvalue weighted by molar-refractivity contribution is 0.660. The Morgan fingerprint density at radius 2 is 0.803 bits per heavy atom. The number of benzene rings is 9. The van der Waals surface area contributed by atoms with Gasteiger partial charge in [-0.2, -0.15) is 0 Å². The number of nitrogens with zero attached hydrogens (tertiary/aromatic N) is 1. The van der Waals surface area contributed by atoms with Crippen molar-refractivity contribution in [2.45, 2.75) is 38.5 Å². The second kappa shape index (κ2) is 12.1. The maximum atomic E-state index is 7.01. The normalized spacial score (nSPS) is 14.5. The van der Waals surface area contributed by atoms with Crippen molar-refractivity contribution in [1.82, 2.24) is 0 Å². The topological polar surface area (TPSA) is 29.5 Å². The molecular weight excluding hydrogens is 743 g/mol. The molecule has 0 aliphatic heterocycles. The van der Waals surface area contributed by atoms with E-state index in [-0.39, 0.29) is 10.8 Å². The van der Waals surface area contributed by atoms with Crippen LogP contribution in [0.3, 0.4) is 0 Å². The van der Waals surface area contributed by atoms with E-state index in [9.17, 15) is 0 Å². The zero-order valence-corrected chi connectivity index (χ0v) is 34.5. The third-order valence-corrected chi connectivity index (χ3v) is 14.1. The predicted octanol–water partition coefficient (Wildman–Crippen LogP) is 16.4. The highest BCUT2D eigenvalue weighted by Gasteiger charge is 2.38. The van der Waals surface area contributed by atoms with Crippen LogP contribution in [-0.4, -0.2) is 0 Å². The van der Waals surface area contributed by atoms with Crippen molar-refractivity contribution in [2.75, 3.05) is 4.90 Å². The second-order valence-electron chi connectivity index (χ2n) is 18.0. The lowest BCUT2D eigenvalue weighted by atomic mass is 9.82. The summed E-state index contributed by atoms with van der Waals surface area (Å²) >= 11 is 0. The molecule has 9 aromatic carbocycles. The van der Waals surface area contributed by atoms with Crippen LogP contribution in [0.5, 0.6) is 0 Å². The molecule has 0 saturated heterocycles. The van der Waals surface area contributed by atoms with Gasteiger partial charge in [-0.3, -0.25) is 0 Å². The molecule has 2 heterocycles. The molecule has 2 aromatic heterocycles. The van der Waals surface area contributed by atoms with E-state index in [1.807, 2.05) is 12.1 Å². The molecule has 0 amide bonds. The molecule has 0 radical (unpaired) electrons. The SMILES string of the molecule is CC1(C)c2ccccc2-c2ccc(N(c3ccc4c(c3)C(C)(C)c3ccccc3-4)c3ccc4c(c3)oc3cc(-c5cccc6oc7ccccc7c56)c5ccccc5c34)cc21. The Balaban J connectivity index is 1.03. The second-order valence-corrected chi connectivity index (χ2v) is 18.0. The fraction of sp³-hybridized carbons (Fsp3) is 0.103. The minimum atomic E-state index is -0.135. The molecular formula is C58H41NO2. The first-order chi connectivity index (χ1) is 29.8. The van der Waals surface area contributed by atoms with E-state index in [2.05, 4.69) is 196 Å². The minimum absolute atomic E-state index is 0.135. The number of fused-ring (bicyclic) bond motifs is 14. The zero-order valence-electron chi connectivity index (χ0n) is 34.5. The fourth-order valence-electron chi connectivity index (χ4n) is 11.1. The molecule has 290 valence electrons. The quantitative estimate of drug-likeness (QED) is 0.178. The number of rotatable bonds is 4. The standard InChI is InChI=1S/C58H41NO2/c1-57(2)47-20-10-7-15-38(47)40-27-24-34(30-49(40)57)59(35-25-28-41-39-16-8-11-21-48(39)58(3,4)50(41)31-35)36-26-29-45-53(32-36)61-54-33-46(37-14-5-6-17-42(37)56(45)54)43-19-13-23-52-55(43)44-18-9-12-22-51(44)60-52/h5-33H,1-4H3. The van der Waals surface area contributed by atoms with E-state index < -0.39 is 0 Å². The first-order valence-electron chi connectivity index (χ1n) is 21.3. The summed E-state index contributed by atoms with van der Waals surface area (Å²) in [6.45, 7) is 9.43. The molecule has 2 aliphatic rings. The molecule has 3 nitrogen and oxygen atoms in total. The molecule has 0 spiro atoms. The van der Waals surface area contributed by atoms with Crippen molar-refractivity contribution in [1.29, 1.82) is 0 Å². The van der Waals surface area contributed by atoms with E-state index >= 15 is 0 Å². The Morgan fingerprint density at radius 3 is 1.49 bits per heavy atom. The first-order valence-corrected chi connectivity index (χ1v) is 21.3. The number of para-hydroxylation sites is 1. The van der Waals surface area contributed by atoms with Crippen molar-refractivity contribution >= 4 is 71.7 Å². The van der Waals surface area contributed by atoms with Gasteiger partial charge in [0.2, 0.25) is 0 Å². The number of anilines is 3. The summed E-state index contributed by atoms with van der Waals surface area (Å²) in [5.41, 5.74) is 19.5. The van der Waals surface area contributed by atoms with Crippen molar-refractivity contribution in [3.63, 3.8) is 0 Å². The molecule has 0 bridgehead atoms. The van der Waals surface area contributed by atoms with Crippen LogP contribution in [0.15, 0.2) is 185 Å². The van der Waals surface area contributed by atoms with Gasteiger partial charge in [0.05, 0.1) is 0 Å². The van der Waals surface area contributed by atoms with Gasteiger partial charge in [-0.15, -0.1) is 0 Å². The number of furan rings is 2. The summed E-state index contributed by atoms with van der Waals surface area (Å²) in [6.07, 6.45) is 0. The summed E-state index contributed by atoms with van der Waals surface area (Å²) in [5.74, 6) is 0. The Labute approximate surface area is 354 Å². The summed E-state index contributed by atoms with van der Waals surface area (Å²) in [6, 6.07) is 64.3. The molecule has 13 rings (SSSR count). The largest absolute Gasteiger partial charge is 0.456 e. The van der Waals surface area contributed by atoms with Gasteiger partial charge in [0.15, 0.2) is 0 Å². The zero-order chi connectivity index (χ0) is 40.8. The maximum Gasteiger partial charge on any atom is 0.137 e. The Morgan fingerprint density at radius 1 is 0.311 bits per heavy atom. The number of hydrogen-bond donors (Lipinski definition) is 0. The Kier molecular flexibility index (Phi) is 6.85. The highest BCUT2D eigenvalue weighted by Crippen LogP contribution is 2.54. The summed E-state index contributed by atoms with van der Waals surface area (Å²) < 4.78 is 13.4. The van der Waals surface area contributed by atoms with Crippen LogP contribution in [0, 0.1) is 0 Å². The van der Waals surface area contributed by atoms with Crippen LogP contribution in [0.2, 0.25) is 0 Å². The van der Waals surface area contributed by atoms with E-state index in [1.54, 1.807) is 0 Å². The van der Waals surface area contributed by atoms with Crippen LogP contribution in [-0.2, 0) is 10.8 Å². The maximum absolute atomic E-state index is 7.01. The molecule has 0 N–H and O–H groups in total. The Hall–Kier alpha value is -7.36. The third-order valence-electron chi connectivity index (χ3n) is 14.1. The predicted molar refractivity (Wildman–Crippen MR) is 254 cm³/mol. The lowest BCUT2D eigenvalue weighted by Gasteiger charge is -2.29. The van der Waals surface area contributed by atoms with Crippen LogP contribution in [0.4, 0.5) is 17.1 Å². The molecule has 61 heavy (non-hydrogen) atoms. The molecule has 2 aliphatic carbocycles. The van der Waals surface area contributed by atoms with E-state index in [0.717, 1.165) is 72.1 Å². The summed E-state index contributed by atoms with van der Waals surface area (Å²) in [4.78, 5) is 2.43. The van der Waals surface area contributed by atoms with Crippen molar-refractivity contribution < 1.29 is 8.83 Å². The molecule has 0 atom stereocenters. The fourth-order valence-corrected chi connectivity index (χ4v) is 11.1. The van der Waals surface area contributed by atoms with Crippen LogP contribution < -0.4 is 4.90 Å². The minimum Gasteiger partial charge on any atom is -0.456 e. The average Bonchev–Trinajstić information content (AvgIpc) is 3.99. The summed E-state index contributed by atoms with van der Waals surface area (Å²) in [5, 5.41) is 6.83. The highest BCUT2D eigenvalue weighted by atomic mass is 16.3. The molecule has 11 aromatic rings. The van der Waals surface area contributed by atoms with Crippen molar-refractivity contribution in [3.05, 3.63) is 198 Å². The van der Waals surface area contributed by atoms with E-state index in [1.165, 1.54) is 55.3 Å². The first kappa shape index (κ1) is 34.5. The average molecular weight is 784 g/mol. The van der Waals surface area contributed by atoms with Gasteiger partial charge in [0.25, 0.3) is 0 Å². The molecule has 0 saturated carbocycles. The van der Waals surface area contributed by atoms with Crippen molar-refractivity contribution in [2.24, 2.45) is 0 Å². The van der Waals surface area contributed by atoms with Gasteiger partial charge in [0.1, 0.15) is 22.3 Å². The van der Waals surface area contributed by atoms with Gasteiger partial charge >= 0.3 is 0 Å². The van der Waals surface area contributed by atoms with E-state index in [0.29, 0.717) is 0 Å². The van der Waals surface area contributed by atoms with E-state index in [4.69, 9.17) is 8.83 Å². The van der Waals surface area contributed by atoms with Crippen LogP contribution in [0.25, 0.3) is 88.0 Å². The number of hydrogen-bond acceptors (Lipinski definition) is 3. The molecule has 0 unspecified atom stereocenters. The third kappa shape index (κ3) is 4.69. The lowest BCUT2D eigenvalue weighted by Crippen LogP contribution is -2.18. The van der Waals surface area contributed by atoms with Gasteiger partial charge in [-0.1, -0.05) is 143 Å². The summed E-state index contributed by atoms with van der Waals surface area (Å²) in [7, 11) is 0. The molecule has 3 heteroatoms. The van der Waals surface area contributed by atoms with Gasteiger partial charge in [-0.25, -0.2) is 0 Å². The highest BCUT2D eigenvalue weighted by molar-refractivity contribution is 6.24. The van der Waals surface area contributed by atoms with Gasteiger partial charge < -0.3 is 13.7 Å². The van der Waals surface area contributed by atoms with Gasteiger partial charge in [-0.05, 0) is 121 Å².